The van der Waals surface area contributed by atoms with Crippen molar-refractivity contribution in [3.8, 4) is 0 Å². The molecule has 3 N–H and O–H groups in total. The number of rotatable bonds is 4. The van der Waals surface area contributed by atoms with Crippen molar-refractivity contribution in [3.63, 3.8) is 0 Å². The number of thioether (sulfide) groups is 1. The van der Waals surface area contributed by atoms with Gasteiger partial charge in [-0.2, -0.15) is 9.97 Å². The maximum atomic E-state index is 5.44. The molecule has 2 aromatic rings. The van der Waals surface area contributed by atoms with E-state index in [1.165, 1.54) is 11.8 Å². The van der Waals surface area contributed by atoms with Gasteiger partial charge in [-0.15, -0.1) is 5.10 Å². The molecule has 17 heavy (non-hydrogen) atoms. The molecule has 8 heteroatoms. The molecule has 2 heterocycles. The van der Waals surface area contributed by atoms with Gasteiger partial charge in [0.15, 0.2) is 5.82 Å². The SMILES string of the molecule is CC(C)c1noc(C(C)Sc2n[nH]c(N)n2)n1. The van der Waals surface area contributed by atoms with Crippen LogP contribution in [0.15, 0.2) is 9.68 Å². The Bertz CT molecular complexity index is 493. The number of nitrogens with one attached hydrogen (secondary N) is 1. The summed E-state index contributed by atoms with van der Waals surface area (Å²) in [6.45, 7) is 5.99. The number of hydrogen-bond acceptors (Lipinski definition) is 7. The van der Waals surface area contributed by atoms with Gasteiger partial charge in [-0.05, 0) is 6.92 Å². The standard InChI is InChI=1S/C9H14N6OS/c1-4(2)6-11-7(16-15-6)5(3)17-9-12-8(10)13-14-9/h4-5H,1-3H3,(H3,10,12,13,14). The molecule has 0 radical (unpaired) electrons. The lowest BCUT2D eigenvalue weighted by Crippen LogP contribution is -1.93. The molecular weight excluding hydrogens is 240 g/mol. The molecule has 0 fully saturated rings. The number of H-pyrrole nitrogens is 1. The topological polar surface area (TPSA) is 107 Å². The van der Waals surface area contributed by atoms with Crippen LogP contribution in [0.2, 0.25) is 0 Å². The molecule has 0 spiro atoms. The van der Waals surface area contributed by atoms with E-state index in [2.05, 4.69) is 25.3 Å². The molecular formula is C9H14N6OS. The number of nitrogens with two attached hydrogens (primary N) is 1. The molecule has 2 rings (SSSR count). The highest BCUT2D eigenvalue weighted by Gasteiger charge is 2.18. The van der Waals surface area contributed by atoms with Gasteiger partial charge >= 0.3 is 0 Å². The molecule has 2 aromatic heterocycles. The van der Waals surface area contributed by atoms with Crippen LogP contribution in [0, 0.1) is 0 Å². The average molecular weight is 254 g/mol. The summed E-state index contributed by atoms with van der Waals surface area (Å²) in [7, 11) is 0. The van der Waals surface area contributed by atoms with E-state index in [9.17, 15) is 0 Å². The summed E-state index contributed by atoms with van der Waals surface area (Å²) in [4.78, 5) is 8.32. The number of hydrogen-bond donors (Lipinski definition) is 2. The lowest BCUT2D eigenvalue weighted by Gasteiger charge is -2.01. The number of aromatic nitrogens is 5. The fraction of sp³-hybridized carbons (Fsp3) is 0.556. The zero-order valence-corrected chi connectivity index (χ0v) is 10.7. The van der Waals surface area contributed by atoms with Gasteiger partial charge in [0, 0.05) is 5.92 Å². The predicted octanol–water partition coefficient (Wildman–Crippen LogP) is 1.75. The molecule has 1 atom stereocenters. The highest BCUT2D eigenvalue weighted by atomic mass is 32.2. The van der Waals surface area contributed by atoms with Crippen LogP contribution in [0.4, 0.5) is 5.95 Å². The molecule has 0 bridgehead atoms. The van der Waals surface area contributed by atoms with E-state index < -0.39 is 0 Å². The summed E-state index contributed by atoms with van der Waals surface area (Å²) in [6, 6.07) is 0. The Hall–Kier alpha value is -1.57. The van der Waals surface area contributed by atoms with Crippen molar-refractivity contribution in [3.05, 3.63) is 11.7 Å². The summed E-state index contributed by atoms with van der Waals surface area (Å²) in [5, 5.41) is 11.0. The molecule has 0 saturated carbocycles. The predicted molar refractivity (Wildman–Crippen MR) is 63.5 cm³/mol. The Labute approximate surface area is 103 Å². The lowest BCUT2D eigenvalue weighted by atomic mass is 10.2. The first-order valence-electron chi connectivity index (χ1n) is 5.24. The number of aromatic amines is 1. The second kappa shape index (κ2) is 4.74. The summed E-state index contributed by atoms with van der Waals surface area (Å²) >= 11 is 1.41. The van der Waals surface area contributed by atoms with Gasteiger partial charge in [0.25, 0.3) is 0 Å². The largest absolute Gasteiger partial charge is 0.368 e. The van der Waals surface area contributed by atoms with Crippen LogP contribution in [0.3, 0.4) is 0 Å². The molecule has 0 aliphatic carbocycles. The van der Waals surface area contributed by atoms with E-state index in [1.54, 1.807) is 0 Å². The van der Waals surface area contributed by atoms with Crippen LogP contribution in [-0.2, 0) is 0 Å². The van der Waals surface area contributed by atoms with Crippen LogP contribution < -0.4 is 5.73 Å². The molecule has 0 aliphatic heterocycles. The van der Waals surface area contributed by atoms with Gasteiger partial charge in [-0.1, -0.05) is 30.8 Å². The van der Waals surface area contributed by atoms with Crippen molar-refractivity contribution < 1.29 is 4.52 Å². The number of nitrogen functional groups attached to an aromatic ring is 1. The van der Waals surface area contributed by atoms with Crippen LogP contribution in [0.5, 0.6) is 0 Å². The van der Waals surface area contributed by atoms with Gasteiger partial charge in [-0.25, -0.2) is 5.10 Å². The van der Waals surface area contributed by atoms with E-state index in [0.29, 0.717) is 22.8 Å². The highest BCUT2D eigenvalue weighted by Crippen LogP contribution is 2.32. The van der Waals surface area contributed by atoms with Gasteiger partial charge < -0.3 is 10.3 Å². The first kappa shape index (κ1) is 11.9. The summed E-state index contributed by atoms with van der Waals surface area (Å²) in [5.74, 6) is 1.83. The Morgan fingerprint density at radius 3 is 2.59 bits per heavy atom. The van der Waals surface area contributed by atoms with Gasteiger partial charge in [0.2, 0.25) is 17.0 Å². The van der Waals surface area contributed by atoms with Gasteiger partial charge in [-0.3, -0.25) is 0 Å². The Morgan fingerprint density at radius 1 is 1.29 bits per heavy atom. The van der Waals surface area contributed by atoms with E-state index >= 15 is 0 Å². The van der Waals surface area contributed by atoms with Crippen molar-refractivity contribution in [2.75, 3.05) is 5.73 Å². The maximum absolute atomic E-state index is 5.44. The van der Waals surface area contributed by atoms with Gasteiger partial charge in [0.1, 0.15) is 0 Å². The molecule has 7 nitrogen and oxygen atoms in total. The number of nitrogens with zero attached hydrogens (tertiary/aromatic N) is 4. The third-order valence-corrected chi connectivity index (χ3v) is 3.03. The molecule has 0 aliphatic rings. The van der Waals surface area contributed by atoms with Crippen LogP contribution in [-0.4, -0.2) is 25.3 Å². The summed E-state index contributed by atoms with van der Waals surface area (Å²) < 4.78 is 5.19. The second-order valence-electron chi connectivity index (χ2n) is 3.91. The minimum absolute atomic E-state index is 0.00907. The third-order valence-electron chi connectivity index (χ3n) is 2.09. The van der Waals surface area contributed by atoms with Crippen molar-refractivity contribution in [2.45, 2.75) is 37.1 Å². The van der Waals surface area contributed by atoms with E-state index in [4.69, 9.17) is 10.3 Å². The summed E-state index contributed by atoms with van der Waals surface area (Å²) in [5.41, 5.74) is 5.44. The molecule has 0 amide bonds. The van der Waals surface area contributed by atoms with Crippen molar-refractivity contribution in [1.29, 1.82) is 0 Å². The first-order chi connectivity index (χ1) is 8.06. The zero-order chi connectivity index (χ0) is 12.4. The summed E-state index contributed by atoms with van der Waals surface area (Å²) in [6.07, 6.45) is 0. The van der Waals surface area contributed by atoms with Crippen LogP contribution >= 0.6 is 11.8 Å². The highest BCUT2D eigenvalue weighted by molar-refractivity contribution is 7.99. The van der Waals surface area contributed by atoms with Crippen LogP contribution in [0.1, 0.15) is 43.7 Å². The minimum atomic E-state index is -0.00907. The number of anilines is 1. The minimum Gasteiger partial charge on any atom is -0.368 e. The molecule has 0 saturated heterocycles. The quantitative estimate of drug-likeness (QED) is 0.800. The van der Waals surface area contributed by atoms with Crippen molar-refractivity contribution in [1.82, 2.24) is 25.3 Å². The van der Waals surface area contributed by atoms with Gasteiger partial charge in [0.05, 0.1) is 5.25 Å². The second-order valence-corrected chi connectivity index (χ2v) is 5.22. The maximum Gasteiger partial charge on any atom is 0.239 e. The first-order valence-corrected chi connectivity index (χ1v) is 6.12. The normalized spacial score (nSPS) is 13.2. The smallest absolute Gasteiger partial charge is 0.239 e. The third kappa shape index (κ3) is 2.76. The fourth-order valence-electron chi connectivity index (χ4n) is 1.17. The molecule has 0 aromatic carbocycles. The zero-order valence-electron chi connectivity index (χ0n) is 9.84. The van der Waals surface area contributed by atoms with Crippen LogP contribution in [0.25, 0.3) is 0 Å². The fourth-order valence-corrected chi connectivity index (χ4v) is 1.93. The molecule has 1 unspecified atom stereocenters. The monoisotopic (exact) mass is 254 g/mol. The Kier molecular flexibility index (Phi) is 3.32. The Morgan fingerprint density at radius 2 is 2.06 bits per heavy atom. The van der Waals surface area contributed by atoms with Crippen molar-refractivity contribution >= 4 is 17.7 Å². The average Bonchev–Trinajstić information content (AvgIpc) is 2.86. The van der Waals surface area contributed by atoms with E-state index in [-0.39, 0.29) is 11.2 Å². The van der Waals surface area contributed by atoms with Crippen molar-refractivity contribution in [2.24, 2.45) is 0 Å². The van der Waals surface area contributed by atoms with E-state index in [0.717, 1.165) is 0 Å². The Balaban J connectivity index is 2.06. The van der Waals surface area contributed by atoms with E-state index in [1.807, 2.05) is 20.8 Å². The molecule has 92 valence electrons. The lowest BCUT2D eigenvalue weighted by molar-refractivity contribution is 0.373.